The number of ether oxygens (including phenoxy) is 1. The number of anilines is 1. The molecule has 2 aromatic rings. The zero-order valence-corrected chi connectivity index (χ0v) is 12.0. The molecule has 1 aliphatic heterocycles. The molecule has 2 N–H and O–H groups in total. The van der Waals surface area contributed by atoms with E-state index in [4.69, 9.17) is 10.5 Å². The van der Waals surface area contributed by atoms with Gasteiger partial charge in [-0.3, -0.25) is 0 Å². The molecule has 1 aliphatic rings. The Balaban J connectivity index is 1.59. The van der Waals surface area contributed by atoms with Gasteiger partial charge in [-0.2, -0.15) is 0 Å². The third-order valence-corrected chi connectivity index (χ3v) is 4.64. The summed E-state index contributed by atoms with van der Waals surface area (Å²) in [7, 11) is 0. The molecule has 3 nitrogen and oxygen atoms in total. The number of rotatable bonds is 3. The number of halogens is 1. The number of fused-ring (bicyclic) bond motifs is 1. The molecular formula is C16H14FNO2S. The van der Waals surface area contributed by atoms with Crippen molar-refractivity contribution in [1.82, 2.24) is 0 Å². The predicted molar refractivity (Wildman–Crippen MR) is 80.9 cm³/mol. The fraction of sp³-hybridized carbons (Fsp3) is 0.188. The molecule has 0 aliphatic carbocycles. The molecule has 1 heterocycles. The molecule has 3 rings (SSSR count). The van der Waals surface area contributed by atoms with Gasteiger partial charge in [-0.1, -0.05) is 18.2 Å². The van der Waals surface area contributed by atoms with Gasteiger partial charge < -0.3 is 10.5 Å². The summed E-state index contributed by atoms with van der Waals surface area (Å²) in [6.45, 7) is 0.310. The maximum atomic E-state index is 13.3. The third-order valence-electron chi connectivity index (χ3n) is 3.35. The minimum absolute atomic E-state index is 0.0216. The number of carbonyl (C=O) groups is 1. The molecule has 1 atom stereocenters. The van der Waals surface area contributed by atoms with Crippen LogP contribution in [0, 0.1) is 5.82 Å². The van der Waals surface area contributed by atoms with E-state index in [-0.39, 0.29) is 16.5 Å². The second-order valence-electron chi connectivity index (χ2n) is 4.89. The van der Waals surface area contributed by atoms with Crippen molar-refractivity contribution in [3.05, 3.63) is 59.4 Å². The topological polar surface area (TPSA) is 52.3 Å². The van der Waals surface area contributed by atoms with E-state index in [0.717, 1.165) is 12.5 Å². The molecule has 0 fully saturated rings. The van der Waals surface area contributed by atoms with Crippen molar-refractivity contribution in [3.63, 3.8) is 0 Å². The van der Waals surface area contributed by atoms with Crippen LogP contribution in [0.1, 0.15) is 15.9 Å². The monoisotopic (exact) mass is 303 g/mol. The Labute approximate surface area is 126 Å². The Morgan fingerprint density at radius 3 is 2.90 bits per heavy atom. The average molecular weight is 303 g/mol. The molecule has 1 unspecified atom stereocenters. The van der Waals surface area contributed by atoms with Gasteiger partial charge >= 0.3 is 5.97 Å². The first-order valence-electron chi connectivity index (χ1n) is 6.60. The minimum Gasteiger partial charge on any atom is -0.461 e. The zero-order chi connectivity index (χ0) is 14.8. The summed E-state index contributed by atoms with van der Waals surface area (Å²) in [6.07, 6.45) is 0.879. The lowest BCUT2D eigenvalue weighted by molar-refractivity contribution is 0.0506. The van der Waals surface area contributed by atoms with Crippen LogP contribution < -0.4 is 5.73 Å². The lowest BCUT2D eigenvalue weighted by atomic mass is 10.1. The van der Waals surface area contributed by atoms with Gasteiger partial charge in [-0.05, 0) is 36.2 Å². The van der Waals surface area contributed by atoms with Gasteiger partial charge in [0.25, 0.3) is 0 Å². The number of benzene rings is 2. The fourth-order valence-corrected chi connectivity index (χ4v) is 3.47. The van der Waals surface area contributed by atoms with Crippen molar-refractivity contribution in [2.24, 2.45) is 0 Å². The Kier molecular flexibility index (Phi) is 3.84. The molecule has 2 aromatic carbocycles. The molecule has 0 aromatic heterocycles. The smallest absolute Gasteiger partial charge is 0.338 e. The summed E-state index contributed by atoms with van der Waals surface area (Å²) in [5.41, 5.74) is 6.86. The Morgan fingerprint density at radius 1 is 1.33 bits per heavy atom. The molecule has 21 heavy (non-hydrogen) atoms. The van der Waals surface area contributed by atoms with Gasteiger partial charge in [0.1, 0.15) is 12.4 Å². The first kappa shape index (κ1) is 13.9. The van der Waals surface area contributed by atoms with Crippen LogP contribution in [0.2, 0.25) is 0 Å². The van der Waals surface area contributed by atoms with E-state index in [2.05, 4.69) is 12.1 Å². The van der Waals surface area contributed by atoms with E-state index < -0.39 is 11.8 Å². The van der Waals surface area contributed by atoms with E-state index >= 15 is 0 Å². The van der Waals surface area contributed by atoms with Gasteiger partial charge in [-0.25, -0.2) is 9.18 Å². The number of thioether (sulfide) groups is 1. The standard InChI is InChI=1S/C16H14FNO2S/c17-13-8-11(5-6-14(13)18)16(19)20-9-12-7-10-3-1-2-4-15(10)21-12/h1-6,8,12H,7,9,18H2. The summed E-state index contributed by atoms with van der Waals surface area (Å²) < 4.78 is 18.6. The van der Waals surface area contributed by atoms with E-state index in [0.29, 0.717) is 6.61 Å². The number of esters is 1. The van der Waals surface area contributed by atoms with E-state index in [1.165, 1.54) is 22.6 Å². The number of carbonyl (C=O) groups excluding carboxylic acids is 1. The highest BCUT2D eigenvalue weighted by Gasteiger charge is 2.23. The first-order chi connectivity index (χ1) is 10.1. The fourth-order valence-electron chi connectivity index (χ4n) is 2.25. The van der Waals surface area contributed by atoms with Crippen LogP contribution >= 0.6 is 11.8 Å². The molecule has 0 saturated heterocycles. The minimum atomic E-state index is -0.605. The second-order valence-corrected chi connectivity index (χ2v) is 6.23. The van der Waals surface area contributed by atoms with E-state index in [9.17, 15) is 9.18 Å². The van der Waals surface area contributed by atoms with Gasteiger partial charge in [-0.15, -0.1) is 11.8 Å². The summed E-state index contributed by atoms with van der Waals surface area (Å²) in [5.74, 6) is -1.13. The SMILES string of the molecule is Nc1ccc(C(=O)OCC2Cc3ccccc3S2)cc1F. The van der Waals surface area contributed by atoms with Crippen molar-refractivity contribution in [3.8, 4) is 0 Å². The van der Waals surface area contributed by atoms with Gasteiger partial charge in [0, 0.05) is 10.1 Å². The Morgan fingerprint density at radius 2 is 2.14 bits per heavy atom. The lowest BCUT2D eigenvalue weighted by Gasteiger charge is -2.10. The predicted octanol–water partition coefficient (Wildman–Crippen LogP) is 3.28. The number of nitrogen functional groups attached to an aromatic ring is 1. The van der Waals surface area contributed by atoms with Crippen molar-refractivity contribution in [2.45, 2.75) is 16.6 Å². The maximum Gasteiger partial charge on any atom is 0.338 e. The average Bonchev–Trinajstić information content (AvgIpc) is 2.90. The van der Waals surface area contributed by atoms with Crippen LogP contribution in [0.15, 0.2) is 47.4 Å². The summed E-state index contributed by atoms with van der Waals surface area (Å²) in [6, 6.07) is 12.1. The normalized spacial score (nSPS) is 16.5. The highest BCUT2D eigenvalue weighted by atomic mass is 32.2. The summed E-state index contributed by atoms with van der Waals surface area (Å²) in [4.78, 5) is 13.1. The van der Waals surface area contributed by atoms with Crippen LogP contribution in [0.4, 0.5) is 10.1 Å². The second kappa shape index (κ2) is 5.77. The van der Waals surface area contributed by atoms with E-state index in [1.54, 1.807) is 11.8 Å². The van der Waals surface area contributed by atoms with Gasteiger partial charge in [0.05, 0.1) is 11.3 Å². The molecular weight excluding hydrogens is 289 g/mol. The number of nitrogens with two attached hydrogens (primary N) is 1. The quantitative estimate of drug-likeness (QED) is 0.698. The number of hydrogen-bond acceptors (Lipinski definition) is 4. The van der Waals surface area contributed by atoms with E-state index in [1.807, 2.05) is 12.1 Å². The largest absolute Gasteiger partial charge is 0.461 e. The van der Waals surface area contributed by atoms with Crippen molar-refractivity contribution in [2.75, 3.05) is 12.3 Å². The van der Waals surface area contributed by atoms with Crippen LogP contribution in [-0.2, 0) is 11.2 Å². The summed E-state index contributed by atoms with van der Waals surface area (Å²) in [5, 5.41) is 0.213. The van der Waals surface area contributed by atoms with Crippen LogP contribution in [0.25, 0.3) is 0 Å². The maximum absolute atomic E-state index is 13.3. The number of hydrogen-bond donors (Lipinski definition) is 1. The third kappa shape index (κ3) is 3.03. The van der Waals surface area contributed by atoms with Crippen molar-refractivity contribution >= 4 is 23.4 Å². The molecule has 108 valence electrons. The van der Waals surface area contributed by atoms with Crippen molar-refractivity contribution < 1.29 is 13.9 Å². The molecule has 0 spiro atoms. The molecule has 0 bridgehead atoms. The first-order valence-corrected chi connectivity index (χ1v) is 7.48. The molecule has 5 heteroatoms. The Hall–Kier alpha value is -2.01. The Bertz CT molecular complexity index is 665. The van der Waals surface area contributed by atoms with Gasteiger partial charge in [0.15, 0.2) is 0 Å². The van der Waals surface area contributed by atoms with Gasteiger partial charge in [0.2, 0.25) is 0 Å². The molecule has 0 saturated carbocycles. The van der Waals surface area contributed by atoms with Crippen LogP contribution in [-0.4, -0.2) is 17.8 Å². The zero-order valence-electron chi connectivity index (χ0n) is 11.2. The molecule has 0 radical (unpaired) electrons. The van der Waals surface area contributed by atoms with Crippen LogP contribution in [0.3, 0.4) is 0 Å². The van der Waals surface area contributed by atoms with Crippen molar-refractivity contribution in [1.29, 1.82) is 0 Å². The molecule has 0 amide bonds. The van der Waals surface area contributed by atoms with Crippen LogP contribution in [0.5, 0.6) is 0 Å². The highest BCUT2D eigenvalue weighted by molar-refractivity contribution is 8.00. The summed E-state index contributed by atoms with van der Waals surface area (Å²) >= 11 is 1.71. The lowest BCUT2D eigenvalue weighted by Crippen LogP contribution is -2.16. The highest BCUT2D eigenvalue weighted by Crippen LogP contribution is 2.36.